The van der Waals surface area contributed by atoms with Crippen LogP contribution in [0.25, 0.3) is 0 Å². The molecule has 1 unspecified atom stereocenters. The molecule has 2 aliphatic rings. The number of carbonyl (C=O) groups is 1. The molecule has 1 amide bonds. The molecule has 1 saturated heterocycles. The Bertz CT molecular complexity index is 467. The van der Waals surface area contributed by atoms with E-state index in [1.54, 1.807) is 0 Å². The summed E-state index contributed by atoms with van der Waals surface area (Å²) in [6.07, 6.45) is 3.24. The molecule has 19 heavy (non-hydrogen) atoms. The summed E-state index contributed by atoms with van der Waals surface area (Å²) in [5, 5.41) is 6.37. The van der Waals surface area contributed by atoms with Gasteiger partial charge in [0.05, 0.1) is 6.61 Å². The molecule has 102 valence electrons. The summed E-state index contributed by atoms with van der Waals surface area (Å²) in [5.74, 6) is 0.503. The predicted octanol–water partition coefficient (Wildman–Crippen LogP) is 1.81. The first-order chi connectivity index (χ1) is 9.33. The van der Waals surface area contributed by atoms with E-state index >= 15 is 0 Å². The lowest BCUT2D eigenvalue weighted by Gasteiger charge is -2.18. The molecule has 0 saturated carbocycles. The summed E-state index contributed by atoms with van der Waals surface area (Å²) < 4.78 is 5.31. The quantitative estimate of drug-likeness (QED) is 0.871. The van der Waals surface area contributed by atoms with Gasteiger partial charge in [0, 0.05) is 36.9 Å². The van der Waals surface area contributed by atoms with Crippen LogP contribution in [0.1, 0.15) is 28.8 Å². The standard InChI is InChI=1S/C15H20N2O2/c18-15(17-9-11-5-7-19-10-11)13-3-4-14-12(8-13)2-1-6-16-14/h3-4,8,11,16H,1-2,5-7,9-10H2,(H,17,18). The molecule has 2 aliphatic heterocycles. The molecular formula is C15H20N2O2. The van der Waals surface area contributed by atoms with Crippen molar-refractivity contribution in [2.24, 2.45) is 5.92 Å². The summed E-state index contributed by atoms with van der Waals surface area (Å²) in [5.41, 5.74) is 3.19. The number of aryl methyl sites for hydroxylation is 1. The molecule has 1 aromatic carbocycles. The lowest BCUT2D eigenvalue weighted by Crippen LogP contribution is -2.29. The molecule has 3 rings (SSSR count). The number of nitrogens with one attached hydrogen (secondary N) is 2. The smallest absolute Gasteiger partial charge is 0.251 e. The van der Waals surface area contributed by atoms with Crippen molar-refractivity contribution in [3.05, 3.63) is 29.3 Å². The van der Waals surface area contributed by atoms with Crippen molar-refractivity contribution in [1.82, 2.24) is 5.32 Å². The maximum absolute atomic E-state index is 12.1. The molecule has 2 heterocycles. The van der Waals surface area contributed by atoms with Crippen molar-refractivity contribution in [2.45, 2.75) is 19.3 Å². The topological polar surface area (TPSA) is 50.4 Å². The van der Waals surface area contributed by atoms with Crippen LogP contribution in [-0.2, 0) is 11.2 Å². The SMILES string of the molecule is O=C(NCC1CCOC1)c1ccc2c(c1)CCCN2. The van der Waals surface area contributed by atoms with Crippen LogP contribution in [-0.4, -0.2) is 32.2 Å². The summed E-state index contributed by atoms with van der Waals surface area (Å²) >= 11 is 0. The van der Waals surface area contributed by atoms with Gasteiger partial charge in [0.15, 0.2) is 0 Å². The van der Waals surface area contributed by atoms with Gasteiger partial charge in [-0.25, -0.2) is 0 Å². The first kappa shape index (κ1) is 12.5. The van der Waals surface area contributed by atoms with Gasteiger partial charge < -0.3 is 15.4 Å². The fourth-order valence-corrected chi connectivity index (χ4v) is 2.70. The summed E-state index contributed by atoms with van der Waals surface area (Å²) in [6.45, 7) is 3.34. The zero-order valence-electron chi connectivity index (χ0n) is 11.1. The van der Waals surface area contributed by atoms with E-state index in [1.165, 1.54) is 11.3 Å². The lowest BCUT2D eigenvalue weighted by atomic mass is 10.0. The molecule has 0 radical (unpaired) electrons. The number of ether oxygens (including phenoxy) is 1. The van der Waals surface area contributed by atoms with Gasteiger partial charge in [0.25, 0.3) is 5.91 Å². The van der Waals surface area contributed by atoms with Crippen LogP contribution in [0.3, 0.4) is 0 Å². The summed E-state index contributed by atoms with van der Waals surface area (Å²) in [6, 6.07) is 5.93. The second-order valence-corrected chi connectivity index (χ2v) is 5.34. The number of anilines is 1. The number of benzene rings is 1. The first-order valence-electron chi connectivity index (χ1n) is 7.05. The minimum Gasteiger partial charge on any atom is -0.385 e. The van der Waals surface area contributed by atoms with Crippen molar-refractivity contribution in [1.29, 1.82) is 0 Å². The third-order valence-electron chi connectivity index (χ3n) is 3.88. The van der Waals surface area contributed by atoms with Crippen molar-refractivity contribution < 1.29 is 9.53 Å². The maximum atomic E-state index is 12.1. The molecule has 0 spiro atoms. The van der Waals surface area contributed by atoms with Crippen LogP contribution in [0.15, 0.2) is 18.2 Å². The maximum Gasteiger partial charge on any atom is 0.251 e. The number of carbonyl (C=O) groups excluding carboxylic acids is 1. The summed E-state index contributed by atoms with van der Waals surface area (Å²) in [7, 11) is 0. The normalized spacial score (nSPS) is 21.6. The predicted molar refractivity (Wildman–Crippen MR) is 74.5 cm³/mol. The molecule has 2 N–H and O–H groups in total. The fourth-order valence-electron chi connectivity index (χ4n) is 2.70. The number of amides is 1. The van der Waals surface area contributed by atoms with Gasteiger partial charge in [-0.1, -0.05) is 0 Å². The van der Waals surface area contributed by atoms with Crippen LogP contribution in [0.2, 0.25) is 0 Å². The van der Waals surface area contributed by atoms with Gasteiger partial charge in [-0.3, -0.25) is 4.79 Å². The van der Waals surface area contributed by atoms with E-state index in [4.69, 9.17) is 4.74 Å². The minimum atomic E-state index is 0.0280. The molecular weight excluding hydrogens is 240 g/mol. The van der Waals surface area contributed by atoms with Crippen molar-refractivity contribution in [2.75, 3.05) is 31.6 Å². The van der Waals surface area contributed by atoms with Crippen molar-refractivity contribution >= 4 is 11.6 Å². The molecule has 0 aliphatic carbocycles. The molecule has 0 aromatic heterocycles. The summed E-state index contributed by atoms with van der Waals surface area (Å²) in [4.78, 5) is 12.1. The highest BCUT2D eigenvalue weighted by Crippen LogP contribution is 2.22. The van der Waals surface area contributed by atoms with Gasteiger partial charge in [-0.05, 0) is 43.0 Å². The number of hydrogen-bond donors (Lipinski definition) is 2. The third kappa shape index (κ3) is 2.89. The van der Waals surface area contributed by atoms with E-state index in [9.17, 15) is 4.79 Å². The van der Waals surface area contributed by atoms with Crippen molar-refractivity contribution in [3.8, 4) is 0 Å². The van der Waals surface area contributed by atoms with Gasteiger partial charge in [0.1, 0.15) is 0 Å². The largest absolute Gasteiger partial charge is 0.385 e. The average Bonchev–Trinajstić information content (AvgIpc) is 2.97. The number of fused-ring (bicyclic) bond motifs is 1. The van der Waals surface area contributed by atoms with Crippen LogP contribution < -0.4 is 10.6 Å². The van der Waals surface area contributed by atoms with Crippen LogP contribution >= 0.6 is 0 Å². The van der Waals surface area contributed by atoms with Crippen LogP contribution in [0.4, 0.5) is 5.69 Å². The first-order valence-corrected chi connectivity index (χ1v) is 7.05. The fraction of sp³-hybridized carbons (Fsp3) is 0.533. The third-order valence-corrected chi connectivity index (χ3v) is 3.88. The van der Waals surface area contributed by atoms with Gasteiger partial charge >= 0.3 is 0 Å². The lowest BCUT2D eigenvalue weighted by molar-refractivity contribution is 0.0945. The van der Waals surface area contributed by atoms with E-state index in [0.717, 1.165) is 44.6 Å². The average molecular weight is 260 g/mol. The second kappa shape index (κ2) is 5.61. The highest BCUT2D eigenvalue weighted by molar-refractivity contribution is 5.95. The Hall–Kier alpha value is -1.55. The Balaban J connectivity index is 1.62. The molecule has 1 atom stereocenters. The van der Waals surface area contributed by atoms with E-state index in [-0.39, 0.29) is 5.91 Å². The van der Waals surface area contributed by atoms with Gasteiger partial charge in [0.2, 0.25) is 0 Å². The minimum absolute atomic E-state index is 0.0280. The number of hydrogen-bond acceptors (Lipinski definition) is 3. The second-order valence-electron chi connectivity index (χ2n) is 5.34. The van der Waals surface area contributed by atoms with Crippen LogP contribution in [0.5, 0.6) is 0 Å². The molecule has 0 bridgehead atoms. The van der Waals surface area contributed by atoms with Crippen LogP contribution in [0, 0.1) is 5.92 Å². The van der Waals surface area contributed by atoms with E-state index < -0.39 is 0 Å². The molecule has 1 fully saturated rings. The Morgan fingerprint density at radius 1 is 1.47 bits per heavy atom. The van der Waals surface area contributed by atoms with E-state index in [2.05, 4.69) is 10.6 Å². The number of rotatable bonds is 3. The highest BCUT2D eigenvalue weighted by atomic mass is 16.5. The molecule has 4 heteroatoms. The van der Waals surface area contributed by atoms with E-state index in [1.807, 2.05) is 18.2 Å². The Morgan fingerprint density at radius 2 is 2.42 bits per heavy atom. The molecule has 4 nitrogen and oxygen atoms in total. The highest BCUT2D eigenvalue weighted by Gasteiger charge is 2.17. The van der Waals surface area contributed by atoms with Crippen molar-refractivity contribution in [3.63, 3.8) is 0 Å². The monoisotopic (exact) mass is 260 g/mol. The zero-order chi connectivity index (χ0) is 13.1. The zero-order valence-corrected chi connectivity index (χ0v) is 11.1. The Labute approximate surface area is 113 Å². The Morgan fingerprint density at radius 3 is 3.26 bits per heavy atom. The van der Waals surface area contributed by atoms with Gasteiger partial charge in [-0.15, -0.1) is 0 Å². The van der Waals surface area contributed by atoms with E-state index in [0.29, 0.717) is 12.5 Å². The Kier molecular flexibility index (Phi) is 3.69. The molecule has 1 aromatic rings. The van der Waals surface area contributed by atoms with Gasteiger partial charge in [-0.2, -0.15) is 0 Å².